The summed E-state index contributed by atoms with van der Waals surface area (Å²) in [4.78, 5) is 25.8. The van der Waals surface area contributed by atoms with Crippen molar-refractivity contribution >= 4 is 6.29 Å². The maximum absolute atomic E-state index is 12.1. The topological polar surface area (TPSA) is 101 Å². The van der Waals surface area contributed by atoms with Crippen molar-refractivity contribution in [2.45, 2.75) is 13.5 Å². The van der Waals surface area contributed by atoms with Gasteiger partial charge in [-0.25, -0.2) is 0 Å². The number of pyridine rings is 1. The molecule has 3 aromatic rings. The number of aldehydes is 1. The first-order chi connectivity index (χ1) is 14.5. The minimum Gasteiger partial charge on any atom is -0.496 e. The van der Waals surface area contributed by atoms with Gasteiger partial charge in [0.25, 0.3) is 5.56 Å². The van der Waals surface area contributed by atoms with Crippen molar-refractivity contribution in [1.82, 2.24) is 4.98 Å². The highest BCUT2D eigenvalue weighted by Crippen LogP contribution is 2.34. The van der Waals surface area contributed by atoms with E-state index in [1.807, 2.05) is 6.07 Å². The average Bonchev–Trinajstić information content (AvgIpc) is 2.76. The number of benzene rings is 2. The second kappa shape index (κ2) is 8.97. The Morgan fingerprint density at radius 1 is 1.03 bits per heavy atom. The van der Waals surface area contributed by atoms with Crippen LogP contribution in [0.4, 0.5) is 0 Å². The van der Waals surface area contributed by atoms with E-state index in [4.69, 9.17) is 14.2 Å². The molecule has 1 N–H and O–H groups in total. The van der Waals surface area contributed by atoms with E-state index in [9.17, 15) is 14.9 Å². The van der Waals surface area contributed by atoms with Gasteiger partial charge in [0.1, 0.15) is 30.3 Å². The summed E-state index contributed by atoms with van der Waals surface area (Å²) in [5, 5.41) is 9.37. The molecule has 0 saturated carbocycles. The van der Waals surface area contributed by atoms with E-state index in [1.165, 1.54) is 7.11 Å². The molecule has 0 atom stereocenters. The van der Waals surface area contributed by atoms with E-state index in [0.29, 0.717) is 45.2 Å². The van der Waals surface area contributed by atoms with Crippen LogP contribution < -0.4 is 19.8 Å². The van der Waals surface area contributed by atoms with Crippen LogP contribution in [-0.2, 0) is 6.61 Å². The molecular weight excluding hydrogens is 384 g/mol. The van der Waals surface area contributed by atoms with Crippen molar-refractivity contribution < 1.29 is 19.0 Å². The molecule has 7 heteroatoms. The van der Waals surface area contributed by atoms with Crippen LogP contribution >= 0.6 is 0 Å². The molecule has 0 saturated heterocycles. The molecular formula is C23H20N2O5. The summed E-state index contributed by atoms with van der Waals surface area (Å²) in [6.45, 7) is 1.91. The van der Waals surface area contributed by atoms with Crippen LogP contribution in [0.3, 0.4) is 0 Å². The van der Waals surface area contributed by atoms with Gasteiger partial charge in [-0.2, -0.15) is 5.26 Å². The zero-order valence-corrected chi connectivity index (χ0v) is 16.8. The molecule has 1 heterocycles. The number of rotatable bonds is 7. The zero-order chi connectivity index (χ0) is 21.7. The van der Waals surface area contributed by atoms with Crippen LogP contribution in [0.25, 0.3) is 11.1 Å². The zero-order valence-electron chi connectivity index (χ0n) is 16.8. The number of H-pyrrole nitrogens is 1. The van der Waals surface area contributed by atoms with Gasteiger partial charge in [-0.1, -0.05) is 6.07 Å². The fraction of sp³-hybridized carbons (Fsp3) is 0.174. The molecule has 2 aromatic carbocycles. The van der Waals surface area contributed by atoms with Gasteiger partial charge in [-0.3, -0.25) is 9.59 Å². The highest BCUT2D eigenvalue weighted by molar-refractivity contribution is 5.75. The number of nitriles is 1. The smallest absolute Gasteiger partial charge is 0.266 e. The number of carbonyl (C=O) groups excluding carboxylic acids is 1. The van der Waals surface area contributed by atoms with Gasteiger partial charge >= 0.3 is 0 Å². The lowest BCUT2D eigenvalue weighted by molar-refractivity contribution is 0.112. The number of hydrogen-bond donors (Lipinski definition) is 1. The monoisotopic (exact) mass is 404 g/mol. The summed E-state index contributed by atoms with van der Waals surface area (Å²) in [7, 11) is 3.05. The van der Waals surface area contributed by atoms with Crippen molar-refractivity contribution in [3.63, 3.8) is 0 Å². The van der Waals surface area contributed by atoms with Gasteiger partial charge in [0.2, 0.25) is 0 Å². The number of aryl methyl sites for hydroxylation is 1. The minimum atomic E-state index is -0.436. The predicted molar refractivity (Wildman–Crippen MR) is 111 cm³/mol. The number of carbonyl (C=O) groups is 1. The number of aromatic nitrogens is 1. The minimum absolute atomic E-state index is 0.0340. The Labute approximate surface area is 173 Å². The average molecular weight is 404 g/mol. The predicted octanol–water partition coefficient (Wildman–Crippen LogP) is 3.63. The lowest BCUT2D eigenvalue weighted by Gasteiger charge is -2.14. The summed E-state index contributed by atoms with van der Waals surface area (Å²) in [5.74, 6) is 1.52. The Morgan fingerprint density at radius 3 is 2.43 bits per heavy atom. The number of hydrogen-bond acceptors (Lipinski definition) is 6. The highest BCUT2D eigenvalue weighted by Gasteiger charge is 2.14. The molecule has 0 amide bonds. The number of methoxy groups -OCH3 is 2. The molecule has 0 aliphatic rings. The van der Waals surface area contributed by atoms with Crippen molar-refractivity contribution in [3.8, 4) is 34.4 Å². The number of aromatic amines is 1. The summed E-state index contributed by atoms with van der Waals surface area (Å²) in [6, 6.07) is 13.9. The molecule has 0 aliphatic heterocycles. The first-order valence-electron chi connectivity index (χ1n) is 9.08. The molecule has 0 radical (unpaired) electrons. The Hall–Kier alpha value is -4.05. The normalized spacial score (nSPS) is 10.2. The van der Waals surface area contributed by atoms with Crippen molar-refractivity contribution in [2.24, 2.45) is 0 Å². The van der Waals surface area contributed by atoms with E-state index in [0.717, 1.165) is 6.29 Å². The molecule has 0 fully saturated rings. The molecule has 7 nitrogen and oxygen atoms in total. The van der Waals surface area contributed by atoms with Gasteiger partial charge in [0.05, 0.1) is 14.2 Å². The third kappa shape index (κ3) is 4.18. The molecule has 1 aromatic heterocycles. The number of ether oxygens (including phenoxy) is 3. The Morgan fingerprint density at radius 2 is 1.77 bits per heavy atom. The van der Waals surface area contributed by atoms with Crippen LogP contribution in [-0.4, -0.2) is 25.5 Å². The van der Waals surface area contributed by atoms with E-state index in [1.54, 1.807) is 56.5 Å². The summed E-state index contributed by atoms with van der Waals surface area (Å²) < 4.78 is 16.7. The summed E-state index contributed by atoms with van der Waals surface area (Å²) in [5.41, 5.74) is 2.65. The van der Waals surface area contributed by atoms with Crippen molar-refractivity contribution in [3.05, 3.63) is 75.2 Å². The fourth-order valence-electron chi connectivity index (χ4n) is 3.12. The quantitative estimate of drug-likeness (QED) is 0.604. The molecule has 0 bridgehead atoms. The second-order valence-electron chi connectivity index (χ2n) is 6.53. The first kappa shape index (κ1) is 20.7. The van der Waals surface area contributed by atoms with Crippen LogP contribution in [0.15, 0.2) is 47.3 Å². The number of nitrogens with one attached hydrogen (secondary N) is 1. The Kier molecular flexibility index (Phi) is 6.18. The van der Waals surface area contributed by atoms with Crippen LogP contribution in [0, 0.1) is 18.3 Å². The lowest BCUT2D eigenvalue weighted by atomic mass is 10.0. The van der Waals surface area contributed by atoms with Gasteiger partial charge in [0, 0.05) is 22.4 Å². The molecule has 0 spiro atoms. The SMILES string of the molecule is COc1ccc(C=O)cc1COc1ccc(-c2cc(C)[nH]c(=O)c2C#N)cc1OC. The molecule has 30 heavy (non-hydrogen) atoms. The van der Waals surface area contributed by atoms with E-state index < -0.39 is 5.56 Å². The largest absolute Gasteiger partial charge is 0.496 e. The van der Waals surface area contributed by atoms with Gasteiger partial charge in [0.15, 0.2) is 11.5 Å². The van der Waals surface area contributed by atoms with Gasteiger partial charge in [-0.05, 0) is 48.9 Å². The fourth-order valence-corrected chi connectivity index (χ4v) is 3.12. The van der Waals surface area contributed by atoms with E-state index >= 15 is 0 Å². The van der Waals surface area contributed by atoms with Crippen molar-refractivity contribution in [2.75, 3.05) is 14.2 Å². The van der Waals surface area contributed by atoms with Crippen LogP contribution in [0.5, 0.6) is 17.2 Å². The number of nitrogens with zero attached hydrogens (tertiary/aromatic N) is 1. The molecule has 0 aliphatic carbocycles. The van der Waals surface area contributed by atoms with Crippen molar-refractivity contribution in [1.29, 1.82) is 5.26 Å². The summed E-state index contributed by atoms with van der Waals surface area (Å²) >= 11 is 0. The standard InChI is InChI=1S/C23H20N2O5/c1-14-8-18(19(11-24)23(27)25-14)16-5-7-21(22(10-16)29-3)30-13-17-9-15(12-26)4-6-20(17)28-2/h4-10,12H,13H2,1-3H3,(H,25,27). The molecule has 0 unspecified atom stereocenters. The van der Waals surface area contributed by atoms with Gasteiger partial charge < -0.3 is 19.2 Å². The third-order valence-electron chi connectivity index (χ3n) is 4.58. The molecule has 3 rings (SSSR count). The van der Waals surface area contributed by atoms with Crippen LogP contribution in [0.2, 0.25) is 0 Å². The first-order valence-corrected chi connectivity index (χ1v) is 9.08. The third-order valence-corrected chi connectivity index (χ3v) is 4.58. The Balaban J connectivity index is 1.94. The second-order valence-corrected chi connectivity index (χ2v) is 6.53. The Bertz CT molecular complexity index is 1190. The highest BCUT2D eigenvalue weighted by atomic mass is 16.5. The van der Waals surface area contributed by atoms with Gasteiger partial charge in [-0.15, -0.1) is 0 Å². The van der Waals surface area contributed by atoms with Crippen LogP contribution in [0.1, 0.15) is 27.2 Å². The maximum Gasteiger partial charge on any atom is 0.266 e. The van der Waals surface area contributed by atoms with E-state index in [-0.39, 0.29) is 12.2 Å². The maximum atomic E-state index is 12.1. The summed E-state index contributed by atoms with van der Waals surface area (Å²) in [6.07, 6.45) is 0.759. The van der Waals surface area contributed by atoms with E-state index in [2.05, 4.69) is 4.98 Å². The molecule has 152 valence electrons. The lowest BCUT2D eigenvalue weighted by Crippen LogP contribution is -2.12.